The van der Waals surface area contributed by atoms with E-state index in [2.05, 4.69) is 0 Å². The van der Waals surface area contributed by atoms with E-state index in [0.29, 0.717) is 19.6 Å². The molecule has 2 atom stereocenters. The van der Waals surface area contributed by atoms with Crippen molar-refractivity contribution in [3.63, 3.8) is 0 Å². The Kier molecular flexibility index (Phi) is 6.51. The minimum absolute atomic E-state index is 0.0658. The second-order valence-electron chi connectivity index (χ2n) is 7.42. The van der Waals surface area contributed by atoms with Crippen molar-refractivity contribution in [1.82, 2.24) is 4.90 Å². The number of likely N-dealkylation sites (tertiary alicyclic amines) is 1. The van der Waals surface area contributed by atoms with Gasteiger partial charge in [0.25, 0.3) is 0 Å². The Hall–Kier alpha value is -2.24. The zero-order valence-corrected chi connectivity index (χ0v) is 16.3. The van der Waals surface area contributed by atoms with E-state index in [1.165, 1.54) is 0 Å². The lowest BCUT2D eigenvalue weighted by Crippen LogP contribution is -2.47. The molecule has 1 aliphatic rings. The van der Waals surface area contributed by atoms with Gasteiger partial charge in [-0.15, -0.1) is 0 Å². The molecule has 1 aromatic rings. The van der Waals surface area contributed by atoms with Crippen molar-refractivity contribution in [1.29, 1.82) is 0 Å². The first kappa shape index (κ1) is 20.1. The third-order valence-corrected chi connectivity index (χ3v) is 4.39. The van der Waals surface area contributed by atoms with Crippen LogP contribution in [0.25, 0.3) is 0 Å². The Labute approximate surface area is 155 Å². The van der Waals surface area contributed by atoms with Crippen LogP contribution in [0.1, 0.15) is 45.6 Å². The lowest BCUT2D eigenvalue weighted by molar-refractivity contribution is -0.150. The molecule has 1 fully saturated rings. The predicted octanol–water partition coefficient (Wildman–Crippen LogP) is 3.60. The highest BCUT2D eigenvalue weighted by atomic mass is 16.6. The van der Waals surface area contributed by atoms with Gasteiger partial charge in [0.15, 0.2) is 0 Å². The largest absolute Gasteiger partial charge is 0.496 e. The molecule has 0 bridgehead atoms. The first-order valence-electron chi connectivity index (χ1n) is 9.04. The maximum absolute atomic E-state index is 12.6. The van der Waals surface area contributed by atoms with E-state index >= 15 is 0 Å². The van der Waals surface area contributed by atoms with Gasteiger partial charge < -0.3 is 19.1 Å². The van der Waals surface area contributed by atoms with Crippen LogP contribution < -0.4 is 4.74 Å². The molecule has 2 rings (SSSR count). The van der Waals surface area contributed by atoms with Gasteiger partial charge in [-0.3, -0.25) is 4.79 Å². The fourth-order valence-electron chi connectivity index (χ4n) is 3.28. The highest BCUT2D eigenvalue weighted by Crippen LogP contribution is 2.38. The second-order valence-corrected chi connectivity index (χ2v) is 7.42. The summed E-state index contributed by atoms with van der Waals surface area (Å²) in [7, 11) is 1.62. The van der Waals surface area contributed by atoms with Gasteiger partial charge in [0.05, 0.1) is 19.6 Å². The van der Waals surface area contributed by atoms with Gasteiger partial charge in [-0.1, -0.05) is 18.2 Å². The first-order valence-corrected chi connectivity index (χ1v) is 9.04. The topological polar surface area (TPSA) is 65.1 Å². The maximum Gasteiger partial charge on any atom is 0.410 e. The molecular formula is C20H29NO5. The van der Waals surface area contributed by atoms with Crippen LogP contribution in [0.4, 0.5) is 4.79 Å². The Morgan fingerprint density at radius 2 is 1.92 bits per heavy atom. The number of methoxy groups -OCH3 is 1. The van der Waals surface area contributed by atoms with Gasteiger partial charge in [0.2, 0.25) is 0 Å². The minimum atomic E-state index is -0.573. The zero-order valence-electron chi connectivity index (χ0n) is 16.3. The van der Waals surface area contributed by atoms with Crippen LogP contribution in [0.3, 0.4) is 0 Å². The monoisotopic (exact) mass is 363 g/mol. The summed E-state index contributed by atoms with van der Waals surface area (Å²) in [5.74, 6) is -0.0643. The Bertz CT molecular complexity index is 637. The van der Waals surface area contributed by atoms with Crippen LogP contribution >= 0.6 is 0 Å². The molecule has 0 radical (unpaired) electrons. The van der Waals surface area contributed by atoms with E-state index in [0.717, 1.165) is 11.3 Å². The standard InChI is InChI=1S/C20H29NO5/c1-6-25-18(22)16-13-21(19(23)26-20(2,3)4)12-11-14(16)15-9-7-8-10-17(15)24-5/h7-10,14,16H,6,11-13H2,1-5H3. The number of hydrogen-bond donors (Lipinski definition) is 0. The normalized spacial score (nSPS) is 20.4. The molecule has 144 valence electrons. The molecule has 26 heavy (non-hydrogen) atoms. The highest BCUT2D eigenvalue weighted by Gasteiger charge is 2.40. The molecule has 0 aromatic heterocycles. The molecule has 1 amide bonds. The van der Waals surface area contributed by atoms with Crippen LogP contribution in [0, 0.1) is 5.92 Å². The third-order valence-electron chi connectivity index (χ3n) is 4.39. The summed E-state index contributed by atoms with van der Waals surface area (Å²) < 4.78 is 16.2. The van der Waals surface area contributed by atoms with Gasteiger partial charge in [0, 0.05) is 19.0 Å². The summed E-state index contributed by atoms with van der Waals surface area (Å²) in [5, 5.41) is 0. The van der Waals surface area contributed by atoms with Gasteiger partial charge in [-0.05, 0) is 45.7 Å². The number of carbonyl (C=O) groups is 2. The second kappa shape index (κ2) is 8.43. The van der Waals surface area contributed by atoms with Gasteiger partial charge in [-0.25, -0.2) is 4.79 Å². The van der Waals surface area contributed by atoms with Gasteiger partial charge in [0.1, 0.15) is 11.4 Å². The highest BCUT2D eigenvalue weighted by molar-refractivity contribution is 5.76. The Balaban J connectivity index is 2.25. The van der Waals surface area contributed by atoms with E-state index in [9.17, 15) is 9.59 Å². The number of carbonyl (C=O) groups excluding carboxylic acids is 2. The molecule has 6 heteroatoms. The van der Waals surface area contributed by atoms with Crippen molar-refractivity contribution >= 4 is 12.1 Å². The molecule has 0 N–H and O–H groups in total. The summed E-state index contributed by atoms with van der Waals surface area (Å²) in [6.45, 7) is 8.37. The smallest absolute Gasteiger partial charge is 0.410 e. The molecular weight excluding hydrogens is 334 g/mol. The average Bonchev–Trinajstić information content (AvgIpc) is 2.60. The fourth-order valence-corrected chi connectivity index (χ4v) is 3.28. The van der Waals surface area contributed by atoms with Crippen molar-refractivity contribution in [3.05, 3.63) is 29.8 Å². The van der Waals surface area contributed by atoms with Crippen molar-refractivity contribution in [2.24, 2.45) is 5.92 Å². The summed E-state index contributed by atoms with van der Waals surface area (Å²) in [6, 6.07) is 7.69. The maximum atomic E-state index is 12.6. The number of nitrogens with zero attached hydrogens (tertiary/aromatic N) is 1. The van der Waals surface area contributed by atoms with Crippen LogP contribution in [0.5, 0.6) is 5.75 Å². The van der Waals surface area contributed by atoms with Crippen molar-refractivity contribution in [2.75, 3.05) is 26.8 Å². The number of ether oxygens (including phenoxy) is 3. The van der Waals surface area contributed by atoms with Crippen molar-refractivity contribution in [2.45, 2.75) is 45.6 Å². The number of esters is 1. The molecule has 0 saturated carbocycles. The van der Waals surface area contributed by atoms with E-state index in [1.807, 2.05) is 45.0 Å². The van der Waals surface area contributed by atoms with E-state index in [-0.39, 0.29) is 18.4 Å². The van der Waals surface area contributed by atoms with Crippen LogP contribution in [-0.2, 0) is 14.3 Å². The molecule has 1 heterocycles. The third kappa shape index (κ3) is 4.90. The first-order chi connectivity index (χ1) is 12.3. The van der Waals surface area contributed by atoms with E-state index < -0.39 is 17.6 Å². The number of hydrogen-bond acceptors (Lipinski definition) is 5. The van der Waals surface area contributed by atoms with Crippen LogP contribution in [0.15, 0.2) is 24.3 Å². The Morgan fingerprint density at radius 1 is 1.23 bits per heavy atom. The number of amides is 1. The SMILES string of the molecule is CCOC(=O)C1CN(C(=O)OC(C)(C)C)CCC1c1ccccc1OC. The molecule has 0 aliphatic carbocycles. The summed E-state index contributed by atoms with van der Waals surface area (Å²) in [6.07, 6.45) is 0.244. The number of para-hydroxylation sites is 1. The number of rotatable bonds is 4. The average molecular weight is 363 g/mol. The van der Waals surface area contributed by atoms with Crippen LogP contribution in [0.2, 0.25) is 0 Å². The quantitative estimate of drug-likeness (QED) is 0.765. The fraction of sp³-hybridized carbons (Fsp3) is 0.600. The lowest BCUT2D eigenvalue weighted by atomic mass is 9.80. The lowest BCUT2D eigenvalue weighted by Gasteiger charge is -2.38. The molecule has 6 nitrogen and oxygen atoms in total. The van der Waals surface area contributed by atoms with Crippen LogP contribution in [-0.4, -0.2) is 49.4 Å². The molecule has 1 saturated heterocycles. The molecule has 1 aromatic carbocycles. The predicted molar refractivity (Wildman–Crippen MR) is 98.3 cm³/mol. The summed E-state index contributed by atoms with van der Waals surface area (Å²) in [4.78, 5) is 26.6. The van der Waals surface area contributed by atoms with Crippen molar-refractivity contribution < 1.29 is 23.8 Å². The van der Waals surface area contributed by atoms with Gasteiger partial charge in [-0.2, -0.15) is 0 Å². The van der Waals surface area contributed by atoms with E-state index in [4.69, 9.17) is 14.2 Å². The number of benzene rings is 1. The van der Waals surface area contributed by atoms with Gasteiger partial charge >= 0.3 is 12.1 Å². The molecule has 2 unspecified atom stereocenters. The van der Waals surface area contributed by atoms with E-state index in [1.54, 1.807) is 18.9 Å². The molecule has 1 aliphatic heterocycles. The minimum Gasteiger partial charge on any atom is -0.496 e. The summed E-state index contributed by atoms with van der Waals surface area (Å²) >= 11 is 0. The van der Waals surface area contributed by atoms with Crippen molar-refractivity contribution in [3.8, 4) is 5.75 Å². The zero-order chi connectivity index (χ0) is 19.3. The summed E-state index contributed by atoms with van der Waals surface area (Å²) in [5.41, 5.74) is 0.396. The number of piperidine rings is 1. The molecule has 0 spiro atoms. The Morgan fingerprint density at radius 3 is 2.54 bits per heavy atom.